The van der Waals surface area contributed by atoms with Crippen LogP contribution in [0.1, 0.15) is 11.1 Å². The number of primary sulfonamides is 1. The largest absolute Gasteiger partial charge is 0.416 e. The smallest absolute Gasteiger partial charge is 0.381 e. The van der Waals surface area contributed by atoms with Crippen LogP contribution in [-0.4, -0.2) is 8.42 Å². The fraction of sp³-hybridized carbons (Fsp3) is 0.143. The summed E-state index contributed by atoms with van der Waals surface area (Å²) in [6.45, 7) is 0.312. The van der Waals surface area contributed by atoms with Gasteiger partial charge in [-0.05, 0) is 42.0 Å². The van der Waals surface area contributed by atoms with E-state index in [9.17, 15) is 21.6 Å². The number of anilines is 1. The Bertz CT molecular complexity index is 739. The lowest BCUT2D eigenvalue weighted by molar-refractivity contribution is -0.137. The molecule has 0 aliphatic rings. The van der Waals surface area contributed by atoms with Gasteiger partial charge in [-0.3, -0.25) is 0 Å². The Morgan fingerprint density at radius 3 is 1.95 bits per heavy atom. The summed E-state index contributed by atoms with van der Waals surface area (Å²) < 4.78 is 59.5. The van der Waals surface area contributed by atoms with E-state index in [0.717, 1.165) is 12.1 Å². The number of nitrogens with two attached hydrogens (primary N) is 1. The van der Waals surface area contributed by atoms with Crippen molar-refractivity contribution in [2.24, 2.45) is 5.14 Å². The van der Waals surface area contributed by atoms with Crippen molar-refractivity contribution in [2.45, 2.75) is 17.6 Å². The van der Waals surface area contributed by atoms with Crippen LogP contribution in [0, 0.1) is 0 Å². The first-order chi connectivity index (χ1) is 10.2. The van der Waals surface area contributed by atoms with Crippen LogP contribution in [0.5, 0.6) is 0 Å². The number of halogens is 3. The van der Waals surface area contributed by atoms with Crippen LogP contribution < -0.4 is 10.5 Å². The number of rotatable bonds is 4. The summed E-state index contributed by atoms with van der Waals surface area (Å²) >= 11 is 0. The van der Waals surface area contributed by atoms with E-state index in [-0.39, 0.29) is 4.90 Å². The Morgan fingerprint density at radius 2 is 1.50 bits per heavy atom. The van der Waals surface area contributed by atoms with E-state index in [1.54, 1.807) is 0 Å². The number of benzene rings is 2. The first-order valence-corrected chi connectivity index (χ1v) is 7.74. The number of nitrogens with one attached hydrogen (secondary N) is 1. The SMILES string of the molecule is NS(=O)(=O)c1ccc(NCc2ccc(C(F)(F)F)cc2)cc1. The van der Waals surface area contributed by atoms with Gasteiger partial charge in [0.05, 0.1) is 10.5 Å². The predicted molar refractivity (Wildman–Crippen MR) is 76.6 cm³/mol. The molecule has 3 N–H and O–H groups in total. The van der Waals surface area contributed by atoms with Crippen molar-refractivity contribution < 1.29 is 21.6 Å². The maximum atomic E-state index is 12.4. The first kappa shape index (κ1) is 16.3. The Morgan fingerprint density at radius 1 is 0.955 bits per heavy atom. The zero-order valence-electron chi connectivity index (χ0n) is 11.3. The molecule has 0 aromatic heterocycles. The fourth-order valence-electron chi connectivity index (χ4n) is 1.78. The Hall–Kier alpha value is -2.06. The van der Waals surface area contributed by atoms with Gasteiger partial charge in [0, 0.05) is 12.2 Å². The van der Waals surface area contributed by atoms with Gasteiger partial charge in [0.2, 0.25) is 10.0 Å². The van der Waals surface area contributed by atoms with Crippen molar-refractivity contribution in [3.8, 4) is 0 Å². The Kier molecular flexibility index (Phi) is 4.43. The molecular formula is C14H13F3N2O2S. The topological polar surface area (TPSA) is 72.2 Å². The quantitative estimate of drug-likeness (QED) is 0.905. The second-order valence-electron chi connectivity index (χ2n) is 4.62. The van der Waals surface area contributed by atoms with E-state index in [2.05, 4.69) is 5.32 Å². The molecule has 0 saturated heterocycles. The van der Waals surface area contributed by atoms with Gasteiger partial charge in [-0.1, -0.05) is 12.1 Å². The number of hydrogen-bond acceptors (Lipinski definition) is 3. The molecule has 2 rings (SSSR count). The third-order valence-electron chi connectivity index (χ3n) is 2.96. The molecule has 0 fully saturated rings. The summed E-state index contributed by atoms with van der Waals surface area (Å²) in [6, 6.07) is 10.6. The fourth-order valence-corrected chi connectivity index (χ4v) is 2.29. The minimum Gasteiger partial charge on any atom is -0.381 e. The standard InChI is InChI=1S/C14H13F3N2O2S/c15-14(16,17)11-3-1-10(2-4-11)9-19-12-5-7-13(8-6-12)22(18,20)21/h1-8,19H,9H2,(H2,18,20,21). The highest BCUT2D eigenvalue weighted by Crippen LogP contribution is 2.29. The lowest BCUT2D eigenvalue weighted by Crippen LogP contribution is -2.12. The lowest BCUT2D eigenvalue weighted by Gasteiger charge is -2.09. The molecule has 2 aromatic carbocycles. The zero-order valence-corrected chi connectivity index (χ0v) is 12.1. The molecule has 4 nitrogen and oxygen atoms in total. The molecule has 0 radical (unpaired) electrons. The molecule has 0 unspecified atom stereocenters. The van der Waals surface area contributed by atoms with Crippen molar-refractivity contribution in [1.29, 1.82) is 0 Å². The van der Waals surface area contributed by atoms with Crippen LogP contribution in [0.3, 0.4) is 0 Å². The average Bonchev–Trinajstić information content (AvgIpc) is 2.44. The summed E-state index contributed by atoms with van der Waals surface area (Å²) in [7, 11) is -3.74. The zero-order chi connectivity index (χ0) is 16.4. The second-order valence-corrected chi connectivity index (χ2v) is 6.18. The summed E-state index contributed by atoms with van der Waals surface area (Å²) in [6.07, 6.45) is -4.35. The summed E-state index contributed by atoms with van der Waals surface area (Å²) in [5, 5.41) is 7.96. The van der Waals surface area contributed by atoms with Crippen molar-refractivity contribution in [1.82, 2.24) is 0 Å². The van der Waals surface area contributed by atoms with Crippen LogP contribution in [-0.2, 0) is 22.7 Å². The van der Waals surface area contributed by atoms with Gasteiger partial charge in [-0.15, -0.1) is 0 Å². The number of sulfonamides is 1. The van der Waals surface area contributed by atoms with Crippen molar-refractivity contribution in [3.05, 3.63) is 59.7 Å². The number of hydrogen-bond donors (Lipinski definition) is 2. The third kappa shape index (κ3) is 4.22. The van der Waals surface area contributed by atoms with Crippen molar-refractivity contribution in [3.63, 3.8) is 0 Å². The number of alkyl halides is 3. The predicted octanol–water partition coefficient (Wildman–Crippen LogP) is 2.96. The van der Waals surface area contributed by atoms with E-state index in [0.29, 0.717) is 17.8 Å². The molecular weight excluding hydrogens is 317 g/mol. The molecule has 2 aromatic rings. The van der Waals surface area contributed by atoms with E-state index >= 15 is 0 Å². The van der Waals surface area contributed by atoms with Gasteiger partial charge in [-0.2, -0.15) is 13.2 Å². The molecule has 8 heteroatoms. The van der Waals surface area contributed by atoms with Gasteiger partial charge >= 0.3 is 6.18 Å². The first-order valence-electron chi connectivity index (χ1n) is 6.19. The maximum Gasteiger partial charge on any atom is 0.416 e. The summed E-state index contributed by atoms with van der Waals surface area (Å²) in [4.78, 5) is -0.00687. The van der Waals surface area contributed by atoms with Gasteiger partial charge in [0.15, 0.2) is 0 Å². The molecule has 0 aliphatic carbocycles. The summed E-state index contributed by atoms with van der Waals surface area (Å²) in [5.74, 6) is 0. The van der Waals surface area contributed by atoms with E-state index in [1.165, 1.54) is 36.4 Å². The van der Waals surface area contributed by atoms with Gasteiger partial charge in [0.1, 0.15) is 0 Å². The molecule has 0 amide bonds. The Balaban J connectivity index is 2.01. The molecule has 0 heterocycles. The second kappa shape index (κ2) is 5.98. The maximum absolute atomic E-state index is 12.4. The summed E-state index contributed by atoms with van der Waals surface area (Å²) in [5.41, 5.74) is 0.601. The lowest BCUT2D eigenvalue weighted by atomic mass is 10.1. The monoisotopic (exact) mass is 330 g/mol. The van der Waals surface area contributed by atoms with E-state index < -0.39 is 21.8 Å². The Labute approximate surface area is 125 Å². The van der Waals surface area contributed by atoms with Gasteiger partial charge in [0.25, 0.3) is 0 Å². The molecule has 0 spiro atoms. The minimum absolute atomic E-state index is 0.00687. The van der Waals surface area contributed by atoms with E-state index in [4.69, 9.17) is 5.14 Å². The minimum atomic E-state index is -4.35. The van der Waals surface area contributed by atoms with Crippen LogP contribution in [0.15, 0.2) is 53.4 Å². The highest BCUT2D eigenvalue weighted by atomic mass is 32.2. The van der Waals surface area contributed by atoms with Crippen molar-refractivity contribution >= 4 is 15.7 Å². The van der Waals surface area contributed by atoms with Crippen LogP contribution in [0.4, 0.5) is 18.9 Å². The van der Waals surface area contributed by atoms with Crippen molar-refractivity contribution in [2.75, 3.05) is 5.32 Å². The van der Waals surface area contributed by atoms with Crippen LogP contribution >= 0.6 is 0 Å². The third-order valence-corrected chi connectivity index (χ3v) is 3.89. The highest BCUT2D eigenvalue weighted by Gasteiger charge is 2.29. The molecule has 0 atom stereocenters. The van der Waals surface area contributed by atoms with Crippen LogP contribution in [0.25, 0.3) is 0 Å². The molecule has 22 heavy (non-hydrogen) atoms. The molecule has 0 aliphatic heterocycles. The van der Waals surface area contributed by atoms with Gasteiger partial charge < -0.3 is 5.32 Å². The molecule has 0 saturated carbocycles. The average molecular weight is 330 g/mol. The van der Waals surface area contributed by atoms with Crippen LogP contribution in [0.2, 0.25) is 0 Å². The van der Waals surface area contributed by atoms with E-state index in [1.807, 2.05) is 0 Å². The van der Waals surface area contributed by atoms with Gasteiger partial charge in [-0.25, -0.2) is 13.6 Å². The normalized spacial score (nSPS) is 12.2. The molecule has 0 bridgehead atoms. The highest BCUT2D eigenvalue weighted by molar-refractivity contribution is 7.89. The molecule has 118 valence electrons.